The second-order valence-corrected chi connectivity index (χ2v) is 6.86. The third-order valence-corrected chi connectivity index (χ3v) is 4.97. The van der Waals surface area contributed by atoms with Crippen molar-refractivity contribution in [2.75, 3.05) is 10.6 Å². The number of nitrogen functional groups attached to an aromatic ring is 1. The highest BCUT2D eigenvalue weighted by Crippen LogP contribution is 2.31. The van der Waals surface area contributed by atoms with E-state index in [2.05, 4.69) is 66.4 Å². The first-order valence-corrected chi connectivity index (χ1v) is 8.70. The van der Waals surface area contributed by atoms with Crippen molar-refractivity contribution in [2.24, 2.45) is 0 Å². The first-order valence-electron chi connectivity index (χ1n) is 7.65. The molecule has 0 fully saturated rings. The van der Waals surface area contributed by atoms with Gasteiger partial charge in [0.05, 0.1) is 17.3 Å². The number of nitrogens with two attached hydrogens (primary N) is 1. The summed E-state index contributed by atoms with van der Waals surface area (Å²) < 4.78 is 0. The van der Waals surface area contributed by atoms with Crippen molar-refractivity contribution in [3.8, 4) is 0 Å². The van der Waals surface area contributed by atoms with Crippen LogP contribution < -0.4 is 10.6 Å². The molecule has 2 aromatic rings. The van der Waals surface area contributed by atoms with E-state index in [0.717, 1.165) is 17.0 Å². The molecular weight excluding hydrogens is 302 g/mol. The van der Waals surface area contributed by atoms with Crippen LogP contribution in [0.1, 0.15) is 16.7 Å². The standard InChI is InChI=1S/C19H21N3S/c1-14-9-15(2)11-17(10-14)22-8-4-3-5-19(22)23-13-16-6-7-21-12-18(16)20/h3-12,19H,13,20H2,1-2H3. The molecule has 3 nitrogen and oxygen atoms in total. The topological polar surface area (TPSA) is 42.2 Å². The van der Waals surface area contributed by atoms with Crippen LogP contribution in [0.25, 0.3) is 0 Å². The van der Waals surface area contributed by atoms with Crippen LogP contribution in [0.3, 0.4) is 0 Å². The molecule has 1 atom stereocenters. The van der Waals surface area contributed by atoms with E-state index in [1.165, 1.54) is 16.8 Å². The van der Waals surface area contributed by atoms with E-state index in [4.69, 9.17) is 5.73 Å². The average molecular weight is 323 g/mol. The number of nitrogens with zero attached hydrogens (tertiary/aromatic N) is 2. The van der Waals surface area contributed by atoms with Gasteiger partial charge >= 0.3 is 0 Å². The fraction of sp³-hybridized carbons (Fsp3) is 0.211. The van der Waals surface area contributed by atoms with Gasteiger partial charge in [-0.25, -0.2) is 0 Å². The van der Waals surface area contributed by atoms with E-state index < -0.39 is 0 Å². The van der Waals surface area contributed by atoms with Gasteiger partial charge in [0, 0.05) is 23.8 Å². The minimum Gasteiger partial charge on any atom is -0.397 e. The summed E-state index contributed by atoms with van der Waals surface area (Å²) in [5.41, 5.74) is 11.7. The predicted octanol–water partition coefficient (Wildman–Crippen LogP) is 4.43. The summed E-state index contributed by atoms with van der Waals surface area (Å²) in [4.78, 5) is 6.36. The Labute approximate surface area is 141 Å². The number of anilines is 2. The quantitative estimate of drug-likeness (QED) is 0.904. The molecule has 0 bridgehead atoms. The molecule has 0 saturated heterocycles. The van der Waals surface area contributed by atoms with Gasteiger partial charge in [0.1, 0.15) is 0 Å². The minimum atomic E-state index is 0.258. The van der Waals surface area contributed by atoms with E-state index >= 15 is 0 Å². The summed E-state index contributed by atoms with van der Waals surface area (Å²) in [5.74, 6) is 0.860. The Hall–Kier alpha value is -2.20. The lowest BCUT2D eigenvalue weighted by Crippen LogP contribution is -2.27. The Balaban J connectivity index is 1.78. The van der Waals surface area contributed by atoms with Crippen molar-refractivity contribution in [2.45, 2.75) is 25.0 Å². The van der Waals surface area contributed by atoms with E-state index in [0.29, 0.717) is 0 Å². The van der Waals surface area contributed by atoms with Gasteiger partial charge in [-0.15, -0.1) is 11.8 Å². The number of thioether (sulfide) groups is 1. The van der Waals surface area contributed by atoms with Gasteiger partial charge in [0.2, 0.25) is 0 Å². The van der Waals surface area contributed by atoms with Crippen molar-refractivity contribution in [1.82, 2.24) is 4.98 Å². The summed E-state index contributed by atoms with van der Waals surface area (Å²) in [5, 5.41) is 0.258. The number of benzene rings is 1. The van der Waals surface area contributed by atoms with Crippen LogP contribution >= 0.6 is 11.8 Å². The second-order valence-electron chi connectivity index (χ2n) is 5.76. The summed E-state index contributed by atoms with van der Waals surface area (Å²) in [6.45, 7) is 4.28. The summed E-state index contributed by atoms with van der Waals surface area (Å²) in [7, 11) is 0. The van der Waals surface area contributed by atoms with E-state index in [-0.39, 0.29) is 5.37 Å². The van der Waals surface area contributed by atoms with E-state index in [1.54, 1.807) is 12.4 Å². The molecule has 3 rings (SSSR count). The average Bonchev–Trinajstić information content (AvgIpc) is 2.53. The Morgan fingerprint density at radius 1 is 1.17 bits per heavy atom. The van der Waals surface area contributed by atoms with Crippen molar-refractivity contribution in [1.29, 1.82) is 0 Å². The molecule has 1 unspecified atom stereocenters. The number of hydrogen-bond donors (Lipinski definition) is 1. The highest BCUT2D eigenvalue weighted by molar-refractivity contribution is 7.99. The number of aryl methyl sites for hydroxylation is 2. The summed E-state index contributed by atoms with van der Waals surface area (Å²) in [6.07, 6.45) is 12.1. The summed E-state index contributed by atoms with van der Waals surface area (Å²) >= 11 is 1.86. The Kier molecular flexibility index (Phi) is 4.72. The second kappa shape index (κ2) is 6.92. The van der Waals surface area contributed by atoms with Crippen molar-refractivity contribution in [3.05, 3.63) is 77.8 Å². The van der Waals surface area contributed by atoms with Gasteiger partial charge in [0.25, 0.3) is 0 Å². The SMILES string of the molecule is Cc1cc(C)cc(N2C=CC=CC2SCc2ccncc2N)c1. The first kappa shape index (κ1) is 15.7. The van der Waals surface area contributed by atoms with Crippen LogP contribution in [0.2, 0.25) is 0 Å². The maximum Gasteiger partial charge on any atom is 0.0984 e. The van der Waals surface area contributed by atoms with E-state index in [9.17, 15) is 0 Å². The molecule has 4 heteroatoms. The van der Waals surface area contributed by atoms with Gasteiger partial charge in [0.15, 0.2) is 0 Å². The van der Waals surface area contributed by atoms with Crippen LogP contribution in [0.5, 0.6) is 0 Å². The van der Waals surface area contributed by atoms with Gasteiger partial charge in [-0.1, -0.05) is 18.2 Å². The van der Waals surface area contributed by atoms with Gasteiger partial charge in [-0.3, -0.25) is 4.98 Å². The number of allylic oxidation sites excluding steroid dienone is 2. The predicted molar refractivity (Wildman–Crippen MR) is 100 cm³/mol. The number of aromatic nitrogens is 1. The van der Waals surface area contributed by atoms with Crippen LogP contribution in [0, 0.1) is 13.8 Å². The largest absolute Gasteiger partial charge is 0.397 e. The molecule has 0 aliphatic carbocycles. The molecule has 0 saturated carbocycles. The highest BCUT2D eigenvalue weighted by atomic mass is 32.2. The lowest BCUT2D eigenvalue weighted by Gasteiger charge is -2.30. The van der Waals surface area contributed by atoms with Crippen molar-refractivity contribution in [3.63, 3.8) is 0 Å². The fourth-order valence-corrected chi connectivity index (χ4v) is 3.86. The van der Waals surface area contributed by atoms with Crippen LogP contribution in [-0.4, -0.2) is 10.4 Å². The number of pyridine rings is 1. The number of hydrogen-bond acceptors (Lipinski definition) is 4. The molecular formula is C19H21N3S. The van der Waals surface area contributed by atoms with Gasteiger partial charge < -0.3 is 10.6 Å². The zero-order chi connectivity index (χ0) is 16.2. The molecule has 1 aliphatic heterocycles. The van der Waals surface area contributed by atoms with Crippen molar-refractivity contribution >= 4 is 23.1 Å². The lowest BCUT2D eigenvalue weighted by molar-refractivity contribution is 1.01. The molecule has 1 aliphatic rings. The fourth-order valence-electron chi connectivity index (χ4n) is 2.69. The van der Waals surface area contributed by atoms with Crippen molar-refractivity contribution < 1.29 is 0 Å². The maximum absolute atomic E-state index is 6.00. The third kappa shape index (κ3) is 3.77. The number of rotatable bonds is 4. The molecule has 23 heavy (non-hydrogen) atoms. The van der Waals surface area contributed by atoms with Gasteiger partial charge in [-0.05, 0) is 54.8 Å². The van der Waals surface area contributed by atoms with Gasteiger partial charge in [-0.2, -0.15) is 0 Å². The molecule has 118 valence electrons. The summed E-state index contributed by atoms with van der Waals surface area (Å²) in [6, 6.07) is 8.65. The molecule has 1 aromatic heterocycles. The Morgan fingerprint density at radius 3 is 2.70 bits per heavy atom. The molecule has 0 spiro atoms. The third-order valence-electron chi connectivity index (χ3n) is 3.77. The molecule has 2 N–H and O–H groups in total. The first-order chi connectivity index (χ1) is 11.1. The maximum atomic E-state index is 6.00. The smallest absolute Gasteiger partial charge is 0.0984 e. The molecule has 0 radical (unpaired) electrons. The van der Waals surface area contributed by atoms with E-state index in [1.807, 2.05) is 17.8 Å². The lowest BCUT2D eigenvalue weighted by atomic mass is 10.1. The highest BCUT2D eigenvalue weighted by Gasteiger charge is 2.17. The Morgan fingerprint density at radius 2 is 1.96 bits per heavy atom. The molecule has 1 aromatic carbocycles. The zero-order valence-corrected chi connectivity index (χ0v) is 14.3. The van der Waals surface area contributed by atoms with Crippen LogP contribution in [0.15, 0.2) is 61.1 Å². The van der Waals surface area contributed by atoms with Crippen LogP contribution in [-0.2, 0) is 5.75 Å². The monoisotopic (exact) mass is 323 g/mol. The molecule has 2 heterocycles. The van der Waals surface area contributed by atoms with Crippen LogP contribution in [0.4, 0.5) is 11.4 Å². The minimum absolute atomic E-state index is 0.258. The Bertz CT molecular complexity index is 732. The normalized spacial score (nSPS) is 16.8. The molecule has 0 amide bonds. The zero-order valence-electron chi connectivity index (χ0n) is 13.4.